The number of hydrogen-bond donors (Lipinski definition) is 1. The first-order chi connectivity index (χ1) is 9.12. The summed E-state index contributed by atoms with van der Waals surface area (Å²) in [4.78, 5) is 8.52. The van der Waals surface area contributed by atoms with Crippen molar-refractivity contribution in [2.75, 3.05) is 28.2 Å². The molecule has 7 heteroatoms. The van der Waals surface area contributed by atoms with Crippen LogP contribution in [0.25, 0.3) is 0 Å². The molecule has 0 bridgehead atoms. The summed E-state index contributed by atoms with van der Waals surface area (Å²) in [5.41, 5.74) is 1.58. The Bertz CT molecular complexity index is 597. The molecule has 1 rings (SSSR count). The SMILES string of the molecule is Cc1cc(CN=C(N(C)C)N(C)C)ccc1S(N)(=O)=O. The van der Waals surface area contributed by atoms with Crippen molar-refractivity contribution in [2.24, 2.45) is 10.1 Å². The van der Waals surface area contributed by atoms with Gasteiger partial charge in [0.25, 0.3) is 0 Å². The lowest BCUT2D eigenvalue weighted by atomic mass is 10.1. The Morgan fingerprint density at radius 2 is 1.75 bits per heavy atom. The van der Waals surface area contributed by atoms with Crippen molar-refractivity contribution >= 4 is 16.0 Å². The number of hydrogen-bond acceptors (Lipinski definition) is 3. The highest BCUT2D eigenvalue weighted by Crippen LogP contribution is 2.16. The lowest BCUT2D eigenvalue weighted by molar-refractivity contribution is 0.479. The summed E-state index contributed by atoms with van der Waals surface area (Å²) in [6.45, 7) is 2.21. The van der Waals surface area contributed by atoms with E-state index >= 15 is 0 Å². The summed E-state index contributed by atoms with van der Waals surface area (Å²) in [6.07, 6.45) is 0. The van der Waals surface area contributed by atoms with Gasteiger partial charge in [-0.15, -0.1) is 0 Å². The van der Waals surface area contributed by atoms with Crippen LogP contribution in [0, 0.1) is 6.92 Å². The zero-order chi connectivity index (χ0) is 15.5. The van der Waals surface area contributed by atoms with Crippen molar-refractivity contribution in [3.63, 3.8) is 0 Å². The molecule has 2 N–H and O–H groups in total. The van der Waals surface area contributed by atoms with Gasteiger partial charge in [-0.05, 0) is 24.1 Å². The number of primary sulfonamides is 1. The number of rotatable bonds is 3. The molecule has 0 aliphatic heterocycles. The Balaban J connectivity index is 3.01. The Hall–Kier alpha value is -1.60. The van der Waals surface area contributed by atoms with Gasteiger partial charge >= 0.3 is 0 Å². The Morgan fingerprint density at radius 1 is 1.20 bits per heavy atom. The second-order valence-corrected chi connectivity index (χ2v) is 6.58. The van der Waals surface area contributed by atoms with E-state index in [-0.39, 0.29) is 4.90 Å². The van der Waals surface area contributed by atoms with E-state index in [9.17, 15) is 8.42 Å². The molecule has 6 nitrogen and oxygen atoms in total. The zero-order valence-electron chi connectivity index (χ0n) is 12.6. The lowest BCUT2D eigenvalue weighted by Crippen LogP contribution is -2.35. The highest BCUT2D eigenvalue weighted by atomic mass is 32.2. The van der Waals surface area contributed by atoms with Crippen LogP contribution < -0.4 is 5.14 Å². The zero-order valence-corrected chi connectivity index (χ0v) is 13.4. The second kappa shape index (κ2) is 6.23. The predicted octanol–water partition coefficient (Wildman–Crippen LogP) is 0.622. The Morgan fingerprint density at radius 3 is 2.15 bits per heavy atom. The molecule has 0 fully saturated rings. The summed E-state index contributed by atoms with van der Waals surface area (Å²) >= 11 is 0. The molecule has 0 saturated carbocycles. The summed E-state index contributed by atoms with van der Waals surface area (Å²) < 4.78 is 22.7. The van der Waals surface area contributed by atoms with E-state index in [1.807, 2.05) is 38.0 Å². The first-order valence-corrected chi connectivity index (χ1v) is 7.69. The fourth-order valence-corrected chi connectivity index (χ4v) is 2.74. The van der Waals surface area contributed by atoms with Crippen molar-refractivity contribution in [3.8, 4) is 0 Å². The minimum absolute atomic E-state index is 0.158. The molecule has 0 unspecified atom stereocenters. The van der Waals surface area contributed by atoms with Gasteiger partial charge in [0.05, 0.1) is 11.4 Å². The van der Waals surface area contributed by atoms with Crippen LogP contribution in [0.15, 0.2) is 28.1 Å². The van der Waals surface area contributed by atoms with Crippen LogP contribution in [0.1, 0.15) is 11.1 Å². The number of aliphatic imine (C=N–C) groups is 1. The molecule has 0 radical (unpaired) electrons. The van der Waals surface area contributed by atoms with Gasteiger partial charge in [-0.25, -0.2) is 18.5 Å². The van der Waals surface area contributed by atoms with Crippen molar-refractivity contribution in [1.82, 2.24) is 9.80 Å². The van der Waals surface area contributed by atoms with E-state index in [0.29, 0.717) is 12.1 Å². The van der Waals surface area contributed by atoms with Gasteiger partial charge in [0.2, 0.25) is 10.0 Å². The topological polar surface area (TPSA) is 79.0 Å². The fourth-order valence-electron chi connectivity index (χ4n) is 1.97. The molecule has 0 aliphatic carbocycles. The van der Waals surface area contributed by atoms with Gasteiger partial charge in [0, 0.05) is 28.2 Å². The largest absolute Gasteiger partial charge is 0.349 e. The van der Waals surface area contributed by atoms with Crippen LogP contribution >= 0.6 is 0 Å². The van der Waals surface area contributed by atoms with Crippen molar-refractivity contribution in [3.05, 3.63) is 29.3 Å². The summed E-state index contributed by atoms with van der Waals surface area (Å²) in [5.74, 6) is 0.846. The predicted molar refractivity (Wildman–Crippen MR) is 81.1 cm³/mol. The average molecular weight is 298 g/mol. The molecular weight excluding hydrogens is 276 g/mol. The molecule has 0 heterocycles. The van der Waals surface area contributed by atoms with Crippen LogP contribution in [-0.2, 0) is 16.6 Å². The summed E-state index contributed by atoms with van der Waals surface area (Å²) in [7, 11) is 4.04. The van der Waals surface area contributed by atoms with E-state index in [1.165, 1.54) is 6.07 Å². The molecular formula is C13H22N4O2S. The Kier molecular flexibility index (Phi) is 5.13. The monoisotopic (exact) mass is 298 g/mol. The number of guanidine groups is 1. The lowest BCUT2D eigenvalue weighted by Gasteiger charge is -2.22. The highest BCUT2D eigenvalue weighted by molar-refractivity contribution is 7.89. The maximum atomic E-state index is 11.3. The number of aryl methyl sites for hydroxylation is 1. The first-order valence-electron chi connectivity index (χ1n) is 6.14. The second-order valence-electron chi connectivity index (χ2n) is 5.05. The molecule has 1 aromatic rings. The molecule has 0 saturated heterocycles. The fraction of sp³-hybridized carbons (Fsp3) is 0.462. The van der Waals surface area contributed by atoms with E-state index in [4.69, 9.17) is 5.14 Å². The van der Waals surface area contributed by atoms with Gasteiger partial charge in [0.1, 0.15) is 0 Å². The molecule has 0 aromatic heterocycles. The number of nitrogens with zero attached hydrogens (tertiary/aromatic N) is 3. The minimum Gasteiger partial charge on any atom is -0.349 e. The molecule has 0 spiro atoms. The average Bonchev–Trinajstić information content (AvgIpc) is 2.26. The van der Waals surface area contributed by atoms with Gasteiger partial charge in [-0.1, -0.05) is 12.1 Å². The van der Waals surface area contributed by atoms with Crippen LogP contribution in [0.3, 0.4) is 0 Å². The Labute approximate surface area is 121 Å². The van der Waals surface area contributed by atoms with E-state index in [2.05, 4.69) is 4.99 Å². The quantitative estimate of drug-likeness (QED) is 0.655. The van der Waals surface area contributed by atoms with Crippen LogP contribution in [0.5, 0.6) is 0 Å². The van der Waals surface area contributed by atoms with Gasteiger partial charge in [-0.2, -0.15) is 0 Å². The number of sulfonamides is 1. The normalized spacial score (nSPS) is 11.1. The molecule has 112 valence electrons. The van der Waals surface area contributed by atoms with E-state index in [1.54, 1.807) is 19.1 Å². The maximum Gasteiger partial charge on any atom is 0.238 e. The minimum atomic E-state index is -3.66. The molecule has 0 amide bonds. The third-order valence-electron chi connectivity index (χ3n) is 2.75. The third-order valence-corrected chi connectivity index (χ3v) is 3.82. The first kappa shape index (κ1) is 16.5. The van der Waals surface area contributed by atoms with Crippen molar-refractivity contribution < 1.29 is 8.42 Å². The molecule has 0 atom stereocenters. The van der Waals surface area contributed by atoms with Crippen LogP contribution in [-0.4, -0.2) is 52.4 Å². The highest BCUT2D eigenvalue weighted by Gasteiger charge is 2.11. The van der Waals surface area contributed by atoms with Gasteiger partial charge in [-0.3, -0.25) is 0 Å². The third kappa shape index (κ3) is 4.21. The standard InChI is InChI=1S/C13H22N4O2S/c1-10-8-11(6-7-12(10)20(14,18)19)9-15-13(16(2)3)17(4)5/h6-8H,9H2,1-5H3,(H2,14,18,19). The molecule has 0 aliphatic rings. The maximum absolute atomic E-state index is 11.3. The van der Waals surface area contributed by atoms with E-state index < -0.39 is 10.0 Å². The van der Waals surface area contributed by atoms with Crippen LogP contribution in [0.2, 0.25) is 0 Å². The molecule has 1 aromatic carbocycles. The van der Waals surface area contributed by atoms with Crippen molar-refractivity contribution in [2.45, 2.75) is 18.4 Å². The number of nitrogens with two attached hydrogens (primary N) is 1. The van der Waals surface area contributed by atoms with Gasteiger partial charge < -0.3 is 9.80 Å². The smallest absolute Gasteiger partial charge is 0.238 e. The van der Waals surface area contributed by atoms with Crippen molar-refractivity contribution in [1.29, 1.82) is 0 Å². The van der Waals surface area contributed by atoms with E-state index in [0.717, 1.165) is 11.5 Å². The number of benzene rings is 1. The van der Waals surface area contributed by atoms with Crippen LogP contribution in [0.4, 0.5) is 0 Å². The summed E-state index contributed by atoms with van der Waals surface area (Å²) in [5, 5.41) is 5.14. The summed E-state index contributed by atoms with van der Waals surface area (Å²) in [6, 6.07) is 5.06. The van der Waals surface area contributed by atoms with Gasteiger partial charge in [0.15, 0.2) is 5.96 Å². The molecule has 20 heavy (non-hydrogen) atoms.